The molecule has 6 aliphatic carbocycles. The van der Waals surface area contributed by atoms with Crippen molar-refractivity contribution in [2.24, 2.45) is 38.9 Å². The molecular formula is C22H26ClN7O2. The van der Waals surface area contributed by atoms with Gasteiger partial charge in [0, 0.05) is 18.3 Å². The highest BCUT2D eigenvalue weighted by atomic mass is 35.5. The first-order valence-electron chi connectivity index (χ1n) is 10.9. The van der Waals surface area contributed by atoms with Gasteiger partial charge in [0.1, 0.15) is 11.5 Å². The summed E-state index contributed by atoms with van der Waals surface area (Å²) in [5, 5.41) is 22.1. The van der Waals surface area contributed by atoms with E-state index in [1.165, 1.54) is 12.3 Å². The number of carboxylic acids is 1. The van der Waals surface area contributed by atoms with Crippen LogP contribution in [0.1, 0.15) is 37.7 Å². The first kappa shape index (κ1) is 20.9. The number of anilines is 1. The average molecular weight is 456 g/mol. The van der Waals surface area contributed by atoms with Crippen molar-refractivity contribution in [3.63, 3.8) is 0 Å². The number of aromatic nitrogens is 1. The van der Waals surface area contributed by atoms with Crippen LogP contribution in [0.2, 0.25) is 5.02 Å². The summed E-state index contributed by atoms with van der Waals surface area (Å²) in [5.74, 6) is -0.111. The molecule has 0 radical (unpaired) electrons. The molecule has 32 heavy (non-hydrogen) atoms. The summed E-state index contributed by atoms with van der Waals surface area (Å²) in [4.78, 5) is 25.6. The van der Waals surface area contributed by atoms with Crippen LogP contribution in [-0.2, 0) is 4.79 Å². The van der Waals surface area contributed by atoms with Crippen LogP contribution in [0.3, 0.4) is 0 Å². The van der Waals surface area contributed by atoms with Crippen LogP contribution in [0, 0.1) is 28.6 Å². The summed E-state index contributed by atoms with van der Waals surface area (Å²) in [6.07, 6.45) is 8.14. The summed E-state index contributed by atoms with van der Waals surface area (Å²) in [6.45, 7) is 0.745. The molecule has 7 aliphatic rings. The molecule has 1 aromatic heterocycles. The molecule has 7 N–H and O–H groups in total. The van der Waals surface area contributed by atoms with Crippen molar-refractivity contribution in [1.82, 2.24) is 10.3 Å². The summed E-state index contributed by atoms with van der Waals surface area (Å²) >= 11 is 6.01. The monoisotopic (exact) mass is 455 g/mol. The number of nitrogens with one attached hydrogen (secondary N) is 2. The second-order valence-corrected chi connectivity index (χ2v) is 9.72. The average Bonchev–Trinajstić information content (AvgIpc) is 3.28. The number of aliphatic carboxylic acids is 1. The fourth-order valence-corrected chi connectivity index (χ4v) is 6.31. The third kappa shape index (κ3) is 3.26. The highest BCUT2D eigenvalue weighted by Crippen LogP contribution is 2.69. The number of nitrogens with two attached hydrogens (primary N) is 2. The Balaban J connectivity index is 1.52. The first-order valence-corrected chi connectivity index (χ1v) is 11.3. The van der Waals surface area contributed by atoms with E-state index in [-0.39, 0.29) is 40.3 Å². The van der Waals surface area contributed by atoms with Crippen LogP contribution in [-0.4, -0.2) is 46.0 Å². The number of hydrogen-bond acceptors (Lipinski definition) is 6. The van der Waals surface area contributed by atoms with Crippen LogP contribution in [0.5, 0.6) is 0 Å². The number of nitrogens with zero attached hydrogens (tertiary/aromatic N) is 3. The van der Waals surface area contributed by atoms with Gasteiger partial charge in [-0.25, -0.2) is 9.98 Å². The van der Waals surface area contributed by atoms with Crippen molar-refractivity contribution in [1.29, 1.82) is 5.41 Å². The molecule has 9 nitrogen and oxygen atoms in total. The topological polar surface area (TPSA) is 163 Å². The highest BCUT2D eigenvalue weighted by Gasteiger charge is 2.67. The quantitative estimate of drug-likeness (QED) is 0.337. The fraction of sp³-hybridized carbons (Fsp3) is 0.500. The zero-order valence-electron chi connectivity index (χ0n) is 17.5. The second-order valence-electron chi connectivity index (χ2n) is 9.28. The number of amidine groups is 2. The van der Waals surface area contributed by atoms with E-state index in [1.807, 2.05) is 6.08 Å². The Morgan fingerprint density at radius 2 is 2.19 bits per heavy atom. The maximum atomic E-state index is 12.2. The zero-order valence-corrected chi connectivity index (χ0v) is 18.3. The van der Waals surface area contributed by atoms with Gasteiger partial charge in [-0.15, -0.1) is 0 Å². The molecule has 1 aliphatic heterocycles. The smallest absolute Gasteiger partial charge is 0.309 e. The predicted octanol–water partition coefficient (Wildman–Crippen LogP) is 2.21. The largest absolute Gasteiger partial charge is 0.481 e. The van der Waals surface area contributed by atoms with Crippen molar-refractivity contribution in [2.45, 2.75) is 38.1 Å². The third-order valence-corrected chi connectivity index (χ3v) is 7.79. The van der Waals surface area contributed by atoms with Gasteiger partial charge in [0.05, 0.1) is 22.7 Å². The lowest BCUT2D eigenvalue weighted by Gasteiger charge is -2.66. The van der Waals surface area contributed by atoms with E-state index < -0.39 is 11.9 Å². The molecule has 0 amide bonds. The molecule has 6 fully saturated rings. The Hall–Kier alpha value is -2.94. The molecule has 1 spiro atoms. The number of carboxylic acid groups (broad SMARTS) is 1. The summed E-state index contributed by atoms with van der Waals surface area (Å²) in [5.41, 5.74) is 12.9. The predicted molar refractivity (Wildman–Crippen MR) is 123 cm³/mol. The zero-order chi connectivity index (χ0) is 22.6. The van der Waals surface area contributed by atoms with Crippen molar-refractivity contribution in [3.8, 4) is 0 Å². The molecule has 3 bridgehead atoms. The maximum Gasteiger partial charge on any atom is 0.309 e. The summed E-state index contributed by atoms with van der Waals surface area (Å²) in [7, 11) is 0. The number of hydrogen-bond donors (Lipinski definition) is 5. The Bertz CT molecular complexity index is 1080. The van der Waals surface area contributed by atoms with Crippen LogP contribution < -0.4 is 16.8 Å². The van der Waals surface area contributed by atoms with Gasteiger partial charge < -0.3 is 21.9 Å². The van der Waals surface area contributed by atoms with E-state index in [4.69, 9.17) is 33.5 Å². The molecular weight excluding hydrogens is 430 g/mol. The minimum Gasteiger partial charge on any atom is -0.481 e. The summed E-state index contributed by atoms with van der Waals surface area (Å²) in [6, 6.07) is 1.18. The van der Waals surface area contributed by atoms with Gasteiger partial charge >= 0.3 is 5.97 Å². The molecule has 3 atom stereocenters. The minimum absolute atomic E-state index is 0.0784. The molecule has 8 rings (SSSR count). The van der Waals surface area contributed by atoms with Crippen molar-refractivity contribution >= 4 is 40.8 Å². The Morgan fingerprint density at radius 1 is 1.41 bits per heavy atom. The number of nitrogen functional groups attached to an aromatic ring is 1. The lowest BCUT2D eigenvalue weighted by molar-refractivity contribution is -0.192. The maximum absolute atomic E-state index is 12.2. The lowest BCUT2D eigenvalue weighted by Crippen LogP contribution is -2.65. The van der Waals surface area contributed by atoms with Crippen LogP contribution in [0.15, 0.2) is 34.0 Å². The standard InChI is InChI=1S/C22H26ClN7O2/c23-11-6-13(18(25)28-9-11)16(24)19(26)30-20(14-2-1-5-27-14)29-17-12-3-4-22(7-10(12)8-22)15(17)21(31)32/h2,6,9-10,12,15,17,24,27H,1,3-5,7-8H2,(H2,25,28)(H,31,32)(H2,26,29,30)/t10?,12-,15+,17+,22?/m1/s1. The van der Waals surface area contributed by atoms with Crippen molar-refractivity contribution in [2.75, 3.05) is 12.3 Å². The van der Waals surface area contributed by atoms with Gasteiger partial charge in [-0.05, 0) is 55.4 Å². The molecule has 0 saturated heterocycles. The molecule has 2 heterocycles. The first-order chi connectivity index (χ1) is 15.3. The Kier molecular flexibility index (Phi) is 4.96. The van der Waals surface area contributed by atoms with Gasteiger partial charge in [-0.2, -0.15) is 0 Å². The lowest BCUT2D eigenvalue weighted by atomic mass is 9.38. The van der Waals surface area contributed by atoms with E-state index in [1.54, 1.807) is 0 Å². The van der Waals surface area contributed by atoms with Gasteiger partial charge in [0.2, 0.25) is 0 Å². The Labute approximate surface area is 190 Å². The molecule has 10 heteroatoms. The number of aliphatic imine (C=N–C) groups is 2. The number of pyridine rings is 1. The second kappa shape index (κ2) is 7.58. The molecule has 6 saturated carbocycles. The van der Waals surface area contributed by atoms with E-state index in [0.717, 1.165) is 44.3 Å². The van der Waals surface area contributed by atoms with Crippen LogP contribution in [0.4, 0.5) is 5.82 Å². The Morgan fingerprint density at radius 3 is 2.81 bits per heavy atom. The van der Waals surface area contributed by atoms with Gasteiger partial charge in [-0.3, -0.25) is 15.2 Å². The molecule has 0 aromatic carbocycles. The van der Waals surface area contributed by atoms with Gasteiger partial charge in [0.25, 0.3) is 0 Å². The summed E-state index contributed by atoms with van der Waals surface area (Å²) < 4.78 is 0. The number of halogens is 1. The van der Waals surface area contributed by atoms with Crippen molar-refractivity contribution < 1.29 is 9.90 Å². The molecule has 0 unspecified atom stereocenters. The van der Waals surface area contributed by atoms with Crippen LogP contribution in [0.25, 0.3) is 0 Å². The van der Waals surface area contributed by atoms with Gasteiger partial charge in [0.15, 0.2) is 11.7 Å². The van der Waals surface area contributed by atoms with Crippen molar-refractivity contribution in [3.05, 3.63) is 34.6 Å². The normalized spacial score (nSPS) is 33.3. The minimum atomic E-state index is -0.781. The van der Waals surface area contributed by atoms with Gasteiger partial charge in [-0.1, -0.05) is 17.7 Å². The van der Waals surface area contributed by atoms with Crippen LogP contribution >= 0.6 is 11.6 Å². The van der Waals surface area contributed by atoms with E-state index in [2.05, 4.69) is 15.3 Å². The number of carbonyl (C=O) groups is 1. The molecule has 168 valence electrons. The SMILES string of the molecule is N=C(C(N)=NC(=N[C@H]1[C@@H]2CCC3(CC2C3)[C@@H]1C(=O)O)C1=CCCN1)c1cc(Cl)cnc1N. The van der Waals surface area contributed by atoms with E-state index in [9.17, 15) is 9.90 Å². The third-order valence-electron chi connectivity index (χ3n) is 7.58. The fourth-order valence-electron chi connectivity index (χ4n) is 6.15. The van der Waals surface area contributed by atoms with E-state index in [0.29, 0.717) is 16.8 Å². The highest BCUT2D eigenvalue weighted by molar-refractivity contribution is 6.48. The molecule has 1 aromatic rings. The van der Waals surface area contributed by atoms with E-state index >= 15 is 0 Å². The number of rotatable bonds is 5.